The van der Waals surface area contributed by atoms with Crippen LogP contribution in [0.5, 0.6) is 0 Å². The third-order valence-corrected chi connectivity index (χ3v) is 9.27. The molecule has 1 aromatic heterocycles. The Bertz CT molecular complexity index is 3220. The molecule has 0 bridgehead atoms. The molecule has 1 heterocycles. The summed E-state index contributed by atoms with van der Waals surface area (Å²) in [5.41, 5.74) is 4.82. The first-order chi connectivity index (χ1) is 26.6. The Balaban J connectivity index is 1.46. The third kappa shape index (κ3) is 3.97. The van der Waals surface area contributed by atoms with Gasteiger partial charge in [0.05, 0.1) is 11.0 Å². The SMILES string of the molecule is [2H]c1c([2H])c([2H])c2c(-c3cccc4oc5cc6ccccc6cc5c34)c3c([2H])c([2H])c([2H])c([2H])c3c(-c3cccc4ccc(-c5ccccc5)cc34)c2c1[2H]. The minimum Gasteiger partial charge on any atom is -0.456 e. The monoisotopic (exact) mass is 604 g/mol. The molecule has 47 heavy (non-hydrogen) atoms. The molecule has 0 radical (unpaired) electrons. The number of benzene rings is 9. The summed E-state index contributed by atoms with van der Waals surface area (Å²) in [5.74, 6) is 0. The van der Waals surface area contributed by atoms with E-state index in [2.05, 4.69) is 0 Å². The summed E-state index contributed by atoms with van der Waals surface area (Å²) in [4.78, 5) is 0. The van der Waals surface area contributed by atoms with Crippen molar-refractivity contribution in [2.45, 2.75) is 0 Å². The Morgan fingerprint density at radius 3 is 1.70 bits per heavy atom. The second-order valence-corrected chi connectivity index (χ2v) is 11.8. The van der Waals surface area contributed by atoms with Gasteiger partial charge < -0.3 is 4.42 Å². The van der Waals surface area contributed by atoms with Crippen LogP contribution < -0.4 is 0 Å². The number of rotatable bonds is 3. The highest BCUT2D eigenvalue weighted by Crippen LogP contribution is 2.48. The highest BCUT2D eigenvalue weighted by molar-refractivity contribution is 6.27. The maximum Gasteiger partial charge on any atom is 0.136 e. The van der Waals surface area contributed by atoms with Crippen LogP contribution in [0.3, 0.4) is 0 Å². The Labute approximate surface area is 283 Å². The number of hydrogen-bond donors (Lipinski definition) is 0. The standard InChI is InChI=1S/C46H28O/c1-2-12-29(13-3-1)33-25-24-30-16-10-21-38(40(30)26-33)44-34-17-6-8-19-36(34)45(37-20-9-7-18-35(37)44)39-22-11-23-42-46(39)41-27-31-14-4-5-15-32(31)28-43(41)47-42/h1-28H/i6D,7D,8D,9D,17D,18D,19D,20D. The van der Waals surface area contributed by atoms with Gasteiger partial charge in [-0.15, -0.1) is 0 Å². The molecule has 218 valence electrons. The molecule has 0 aliphatic heterocycles. The lowest BCUT2D eigenvalue weighted by Gasteiger charge is -2.19. The first kappa shape index (κ1) is 19.4. The smallest absolute Gasteiger partial charge is 0.136 e. The second kappa shape index (κ2) is 10.2. The van der Waals surface area contributed by atoms with E-state index in [1.807, 2.05) is 115 Å². The van der Waals surface area contributed by atoms with E-state index in [4.69, 9.17) is 9.90 Å². The summed E-state index contributed by atoms with van der Waals surface area (Å²) >= 11 is 0. The lowest BCUT2D eigenvalue weighted by atomic mass is 9.83. The quantitative estimate of drug-likeness (QED) is 0.183. The normalized spacial score (nSPS) is 14.2. The molecular formula is C46H28O. The molecule has 1 nitrogen and oxygen atoms in total. The molecule has 0 spiro atoms. The van der Waals surface area contributed by atoms with Gasteiger partial charge in [0.15, 0.2) is 0 Å². The van der Waals surface area contributed by atoms with Crippen molar-refractivity contribution in [3.63, 3.8) is 0 Å². The maximum atomic E-state index is 9.52. The van der Waals surface area contributed by atoms with E-state index in [0.29, 0.717) is 38.8 Å². The van der Waals surface area contributed by atoms with Gasteiger partial charge in [-0.05, 0) is 101 Å². The van der Waals surface area contributed by atoms with Crippen LogP contribution in [0.25, 0.3) is 98.4 Å². The van der Waals surface area contributed by atoms with Crippen molar-refractivity contribution >= 4 is 65.0 Å². The van der Waals surface area contributed by atoms with E-state index in [0.717, 1.165) is 38.1 Å². The highest BCUT2D eigenvalue weighted by Gasteiger charge is 2.21. The van der Waals surface area contributed by atoms with Gasteiger partial charge in [0.2, 0.25) is 0 Å². The minimum absolute atomic E-state index is 0.164. The van der Waals surface area contributed by atoms with Crippen molar-refractivity contribution < 1.29 is 15.4 Å². The minimum atomic E-state index is -0.440. The van der Waals surface area contributed by atoms with Crippen LogP contribution in [0.2, 0.25) is 0 Å². The van der Waals surface area contributed by atoms with Crippen LogP contribution in [0.15, 0.2) is 174 Å². The summed E-state index contributed by atoms with van der Waals surface area (Å²) in [5, 5.41) is 5.74. The van der Waals surface area contributed by atoms with Crippen LogP contribution in [0.4, 0.5) is 0 Å². The van der Waals surface area contributed by atoms with Gasteiger partial charge >= 0.3 is 0 Å². The van der Waals surface area contributed by atoms with E-state index >= 15 is 0 Å². The number of hydrogen-bond acceptors (Lipinski definition) is 1. The van der Waals surface area contributed by atoms with Crippen molar-refractivity contribution in [2.75, 3.05) is 0 Å². The van der Waals surface area contributed by atoms with Crippen LogP contribution in [0, 0.1) is 0 Å². The average Bonchev–Trinajstić information content (AvgIpc) is 3.59. The summed E-state index contributed by atoms with van der Waals surface area (Å²) < 4.78 is 80.2. The van der Waals surface area contributed by atoms with Gasteiger partial charge in [-0.1, -0.05) is 145 Å². The molecule has 0 saturated heterocycles. The predicted molar refractivity (Wildman–Crippen MR) is 200 cm³/mol. The molecule has 10 rings (SSSR count). The second-order valence-electron chi connectivity index (χ2n) is 11.8. The third-order valence-electron chi connectivity index (χ3n) is 9.27. The number of furan rings is 1. The van der Waals surface area contributed by atoms with E-state index in [9.17, 15) is 5.48 Å². The lowest BCUT2D eigenvalue weighted by molar-refractivity contribution is 0.669. The van der Waals surface area contributed by atoms with Crippen LogP contribution in [0.1, 0.15) is 11.0 Å². The fourth-order valence-electron chi connectivity index (χ4n) is 7.18. The zero-order valence-electron chi connectivity index (χ0n) is 33.0. The van der Waals surface area contributed by atoms with E-state index in [1.54, 1.807) is 6.07 Å². The van der Waals surface area contributed by atoms with E-state index in [-0.39, 0.29) is 45.7 Å². The Morgan fingerprint density at radius 2 is 0.979 bits per heavy atom. The van der Waals surface area contributed by atoms with Crippen molar-refractivity contribution in [3.8, 4) is 33.4 Å². The Morgan fingerprint density at radius 1 is 0.383 bits per heavy atom. The van der Waals surface area contributed by atoms with Crippen molar-refractivity contribution in [1.82, 2.24) is 0 Å². The average molecular weight is 605 g/mol. The number of fused-ring (bicyclic) bond motifs is 7. The van der Waals surface area contributed by atoms with E-state index in [1.165, 1.54) is 0 Å². The first-order valence-electron chi connectivity index (χ1n) is 19.5. The summed E-state index contributed by atoms with van der Waals surface area (Å²) in [6, 6.07) is 36.1. The molecule has 1 heteroatoms. The molecule has 0 aliphatic carbocycles. The zero-order chi connectivity index (χ0) is 37.9. The molecule has 0 amide bonds. The molecule has 0 aliphatic rings. The van der Waals surface area contributed by atoms with Crippen molar-refractivity contribution in [1.29, 1.82) is 0 Å². The van der Waals surface area contributed by atoms with Gasteiger partial charge in [0, 0.05) is 10.8 Å². The van der Waals surface area contributed by atoms with Gasteiger partial charge in [0.1, 0.15) is 11.2 Å². The fourth-order valence-corrected chi connectivity index (χ4v) is 7.18. The van der Waals surface area contributed by atoms with Crippen LogP contribution >= 0.6 is 0 Å². The molecule has 0 N–H and O–H groups in total. The molecule has 0 saturated carbocycles. The lowest BCUT2D eigenvalue weighted by Crippen LogP contribution is -1.92. The zero-order valence-corrected chi connectivity index (χ0v) is 25.0. The van der Waals surface area contributed by atoms with Crippen LogP contribution in [-0.4, -0.2) is 0 Å². The molecule has 10 aromatic rings. The summed E-state index contributed by atoms with van der Waals surface area (Å²) in [7, 11) is 0. The summed E-state index contributed by atoms with van der Waals surface area (Å²) in [6.45, 7) is 0. The predicted octanol–water partition coefficient (Wildman–Crippen LogP) is 13.2. The molecule has 0 atom stereocenters. The Kier molecular flexibility index (Phi) is 4.19. The van der Waals surface area contributed by atoms with Crippen molar-refractivity contribution in [3.05, 3.63) is 170 Å². The maximum absolute atomic E-state index is 9.52. The summed E-state index contributed by atoms with van der Waals surface area (Å²) in [6.07, 6.45) is 0. The first-order valence-corrected chi connectivity index (χ1v) is 15.5. The molecular weight excluding hydrogens is 569 g/mol. The van der Waals surface area contributed by atoms with Gasteiger partial charge in [-0.25, -0.2) is 0 Å². The largest absolute Gasteiger partial charge is 0.456 e. The van der Waals surface area contributed by atoms with Crippen molar-refractivity contribution in [2.24, 2.45) is 0 Å². The van der Waals surface area contributed by atoms with Gasteiger partial charge in [-0.2, -0.15) is 0 Å². The molecule has 0 fully saturated rings. The highest BCUT2D eigenvalue weighted by atomic mass is 16.3. The fraction of sp³-hybridized carbons (Fsp3) is 0. The van der Waals surface area contributed by atoms with E-state index < -0.39 is 24.2 Å². The van der Waals surface area contributed by atoms with Crippen LogP contribution in [-0.2, 0) is 0 Å². The Hall–Kier alpha value is -6.18. The van der Waals surface area contributed by atoms with Gasteiger partial charge in [0.25, 0.3) is 0 Å². The topological polar surface area (TPSA) is 13.1 Å². The molecule has 0 unspecified atom stereocenters. The van der Waals surface area contributed by atoms with Gasteiger partial charge in [-0.3, -0.25) is 0 Å². The molecule has 9 aromatic carbocycles.